The Morgan fingerprint density at radius 2 is 1.86 bits per heavy atom. The van der Waals surface area contributed by atoms with Crippen LogP contribution in [-0.4, -0.2) is 44.9 Å². The number of nitrogens with zero attached hydrogens (tertiary/aromatic N) is 1. The van der Waals surface area contributed by atoms with Gasteiger partial charge in [0, 0.05) is 29.7 Å². The van der Waals surface area contributed by atoms with Crippen molar-refractivity contribution in [1.29, 1.82) is 0 Å². The van der Waals surface area contributed by atoms with Gasteiger partial charge in [-0.1, -0.05) is 18.2 Å². The van der Waals surface area contributed by atoms with Crippen molar-refractivity contribution in [3.63, 3.8) is 0 Å². The number of ether oxygens (including phenoxy) is 1. The van der Waals surface area contributed by atoms with Crippen LogP contribution in [-0.2, 0) is 14.8 Å². The third kappa shape index (κ3) is 3.64. The number of hydrogen-bond donors (Lipinski definition) is 1. The van der Waals surface area contributed by atoms with Gasteiger partial charge < -0.3 is 14.5 Å². The van der Waals surface area contributed by atoms with Crippen LogP contribution in [0.25, 0.3) is 11.0 Å². The number of carbonyl (C=O) groups excluding carboxylic acids is 1. The topological polar surface area (TPSA) is 88.9 Å². The van der Waals surface area contributed by atoms with E-state index >= 15 is 0 Å². The second-order valence-electron chi connectivity index (χ2n) is 6.67. The Kier molecular flexibility index (Phi) is 5.12. The average molecular weight is 418 g/mol. The Morgan fingerprint density at radius 1 is 1.14 bits per heavy atom. The van der Waals surface area contributed by atoms with Crippen LogP contribution in [0.4, 0.5) is 10.1 Å². The number of hydrogen-bond acceptors (Lipinski definition) is 5. The van der Waals surface area contributed by atoms with Gasteiger partial charge in [0.05, 0.1) is 13.2 Å². The quantitative estimate of drug-likeness (QED) is 0.703. The molecule has 4 rings (SSSR count). The van der Waals surface area contributed by atoms with Crippen LogP contribution in [0.1, 0.15) is 16.1 Å². The summed E-state index contributed by atoms with van der Waals surface area (Å²) in [6.07, 6.45) is 0. The minimum Gasteiger partial charge on any atom is -0.451 e. The molecule has 1 fully saturated rings. The van der Waals surface area contributed by atoms with Crippen molar-refractivity contribution in [1.82, 2.24) is 4.31 Å². The minimum absolute atomic E-state index is 0.119. The van der Waals surface area contributed by atoms with Gasteiger partial charge in [0.25, 0.3) is 5.91 Å². The maximum absolute atomic E-state index is 14.3. The van der Waals surface area contributed by atoms with E-state index in [4.69, 9.17) is 9.15 Å². The molecule has 0 spiro atoms. The van der Waals surface area contributed by atoms with Crippen molar-refractivity contribution in [2.75, 3.05) is 31.6 Å². The highest BCUT2D eigenvalue weighted by molar-refractivity contribution is 7.89. The highest BCUT2D eigenvalue weighted by Gasteiger charge is 2.29. The molecule has 29 heavy (non-hydrogen) atoms. The molecular weight excluding hydrogens is 399 g/mol. The summed E-state index contributed by atoms with van der Waals surface area (Å²) in [5.41, 5.74) is 1.40. The zero-order valence-corrected chi connectivity index (χ0v) is 16.5. The molecule has 3 aromatic rings. The number of sulfonamides is 1. The number of fused-ring (bicyclic) bond motifs is 1. The number of benzene rings is 2. The second kappa shape index (κ2) is 7.58. The van der Waals surface area contributed by atoms with Crippen molar-refractivity contribution in [3.8, 4) is 0 Å². The van der Waals surface area contributed by atoms with E-state index in [1.807, 2.05) is 12.1 Å². The number of nitrogens with one attached hydrogen (secondary N) is 1. The summed E-state index contributed by atoms with van der Waals surface area (Å²) in [4.78, 5) is 12.2. The molecule has 0 bridgehead atoms. The fraction of sp³-hybridized carbons (Fsp3) is 0.250. The molecule has 0 unspecified atom stereocenters. The molecule has 0 radical (unpaired) electrons. The molecule has 0 atom stereocenters. The number of anilines is 1. The van der Waals surface area contributed by atoms with Gasteiger partial charge in [-0.25, -0.2) is 12.8 Å². The van der Waals surface area contributed by atoms with E-state index in [0.29, 0.717) is 11.1 Å². The van der Waals surface area contributed by atoms with Gasteiger partial charge in [-0.05, 0) is 31.2 Å². The maximum Gasteiger partial charge on any atom is 0.291 e. The van der Waals surface area contributed by atoms with E-state index in [2.05, 4.69) is 5.32 Å². The minimum atomic E-state index is -4.04. The van der Waals surface area contributed by atoms with Gasteiger partial charge in [-0.15, -0.1) is 0 Å². The van der Waals surface area contributed by atoms with E-state index in [-0.39, 0.29) is 37.8 Å². The van der Waals surface area contributed by atoms with E-state index < -0.39 is 26.6 Å². The fourth-order valence-electron chi connectivity index (χ4n) is 3.28. The van der Waals surface area contributed by atoms with Crippen molar-refractivity contribution in [2.24, 2.45) is 0 Å². The number of carbonyl (C=O) groups is 1. The number of rotatable bonds is 4. The lowest BCUT2D eigenvalue weighted by atomic mass is 10.1. The van der Waals surface area contributed by atoms with Gasteiger partial charge in [0.2, 0.25) is 10.0 Å². The first-order valence-electron chi connectivity index (χ1n) is 9.05. The van der Waals surface area contributed by atoms with Gasteiger partial charge in [0.1, 0.15) is 16.3 Å². The van der Waals surface area contributed by atoms with Gasteiger partial charge >= 0.3 is 0 Å². The Morgan fingerprint density at radius 3 is 2.59 bits per heavy atom. The van der Waals surface area contributed by atoms with Crippen LogP contribution in [0.3, 0.4) is 0 Å². The average Bonchev–Trinajstić information content (AvgIpc) is 3.07. The SMILES string of the molecule is Cc1c(C(=O)Nc2ccc(F)c(S(=O)(=O)N3CCOCC3)c2)oc2ccccc12. The van der Waals surface area contributed by atoms with Crippen LogP contribution in [0, 0.1) is 12.7 Å². The monoisotopic (exact) mass is 418 g/mol. The van der Waals surface area contributed by atoms with Crippen LogP contribution in [0.2, 0.25) is 0 Å². The Hall–Kier alpha value is -2.75. The van der Waals surface area contributed by atoms with Gasteiger partial charge in [0.15, 0.2) is 5.76 Å². The third-order valence-corrected chi connectivity index (χ3v) is 6.74. The summed E-state index contributed by atoms with van der Waals surface area (Å²) in [6.45, 7) is 2.57. The molecule has 9 heteroatoms. The fourth-order valence-corrected chi connectivity index (χ4v) is 4.78. The Balaban J connectivity index is 1.63. The molecule has 1 aliphatic rings. The first kappa shape index (κ1) is 19.6. The lowest BCUT2D eigenvalue weighted by Gasteiger charge is -2.26. The summed E-state index contributed by atoms with van der Waals surface area (Å²) >= 11 is 0. The molecular formula is C20H19FN2O5S. The number of aryl methyl sites for hydroxylation is 1. The number of morpholine rings is 1. The smallest absolute Gasteiger partial charge is 0.291 e. The zero-order chi connectivity index (χ0) is 20.6. The molecule has 2 heterocycles. The van der Waals surface area contributed by atoms with Crippen molar-refractivity contribution < 1.29 is 26.8 Å². The van der Waals surface area contributed by atoms with E-state index in [1.165, 1.54) is 10.4 Å². The van der Waals surface area contributed by atoms with E-state index in [1.54, 1.807) is 19.1 Å². The van der Waals surface area contributed by atoms with E-state index in [0.717, 1.165) is 17.5 Å². The lowest BCUT2D eigenvalue weighted by molar-refractivity contribution is 0.0729. The first-order valence-corrected chi connectivity index (χ1v) is 10.5. The second-order valence-corrected chi connectivity index (χ2v) is 8.57. The molecule has 1 aliphatic heterocycles. The van der Waals surface area contributed by atoms with Crippen molar-refractivity contribution >= 4 is 32.6 Å². The molecule has 152 valence electrons. The largest absolute Gasteiger partial charge is 0.451 e. The molecule has 1 amide bonds. The molecule has 7 nitrogen and oxygen atoms in total. The van der Waals surface area contributed by atoms with Crippen LogP contribution < -0.4 is 5.32 Å². The highest BCUT2D eigenvalue weighted by atomic mass is 32.2. The van der Waals surface area contributed by atoms with Crippen molar-refractivity contribution in [3.05, 3.63) is 59.6 Å². The van der Waals surface area contributed by atoms with E-state index in [9.17, 15) is 17.6 Å². The first-order chi connectivity index (χ1) is 13.9. The molecule has 0 aliphatic carbocycles. The summed E-state index contributed by atoms with van der Waals surface area (Å²) in [5.74, 6) is -1.30. The van der Waals surface area contributed by atoms with Crippen LogP contribution >= 0.6 is 0 Å². The Labute approximate surface area is 167 Å². The molecule has 1 aromatic heterocycles. The third-order valence-electron chi connectivity index (χ3n) is 4.83. The van der Waals surface area contributed by atoms with Gasteiger partial charge in [-0.2, -0.15) is 4.31 Å². The standard InChI is InChI=1S/C20H19FN2O5S/c1-13-15-4-2-3-5-17(15)28-19(13)20(24)22-14-6-7-16(21)18(12-14)29(25,26)23-8-10-27-11-9-23/h2-7,12H,8-11H2,1H3,(H,22,24). The highest BCUT2D eigenvalue weighted by Crippen LogP contribution is 2.27. The summed E-state index contributed by atoms with van der Waals surface area (Å²) in [5, 5.41) is 3.41. The summed E-state index contributed by atoms with van der Waals surface area (Å²) in [6, 6.07) is 10.7. The molecule has 2 aromatic carbocycles. The number of amides is 1. The predicted octanol–water partition coefficient (Wildman–Crippen LogP) is 3.15. The molecule has 1 saturated heterocycles. The van der Waals surface area contributed by atoms with Crippen LogP contribution in [0.15, 0.2) is 51.8 Å². The number of halogens is 1. The normalized spacial score (nSPS) is 15.5. The van der Waals surface area contributed by atoms with Crippen molar-refractivity contribution in [2.45, 2.75) is 11.8 Å². The predicted molar refractivity (Wildman–Crippen MR) is 105 cm³/mol. The summed E-state index contributed by atoms with van der Waals surface area (Å²) < 4.78 is 51.8. The maximum atomic E-state index is 14.3. The molecule has 0 saturated carbocycles. The van der Waals surface area contributed by atoms with Gasteiger partial charge in [-0.3, -0.25) is 4.79 Å². The van der Waals surface area contributed by atoms with Crippen LogP contribution in [0.5, 0.6) is 0 Å². The summed E-state index contributed by atoms with van der Waals surface area (Å²) in [7, 11) is -4.04. The zero-order valence-electron chi connectivity index (χ0n) is 15.6. The lowest BCUT2D eigenvalue weighted by Crippen LogP contribution is -2.40. The number of furan rings is 1. The number of para-hydroxylation sites is 1. The Bertz CT molecular complexity index is 1180. The molecule has 1 N–H and O–H groups in total.